The molecule has 1 heterocycles. The van der Waals surface area contributed by atoms with E-state index in [0.717, 1.165) is 43.8 Å². The van der Waals surface area contributed by atoms with Crippen LogP contribution < -0.4 is 4.74 Å². The minimum Gasteiger partial charge on any atom is -0.508 e. The molecule has 144 valence electrons. The summed E-state index contributed by atoms with van der Waals surface area (Å²) < 4.78 is 24.8. The van der Waals surface area contributed by atoms with Gasteiger partial charge in [-0.1, -0.05) is 12.1 Å². The summed E-state index contributed by atoms with van der Waals surface area (Å²) >= 11 is 0. The zero-order valence-corrected chi connectivity index (χ0v) is 15.6. The third-order valence-corrected chi connectivity index (χ3v) is 5.87. The Balaban J connectivity index is 1.30. The normalized spacial score (nSPS) is 26.1. The van der Waals surface area contributed by atoms with Gasteiger partial charge in [0.2, 0.25) is 0 Å². The van der Waals surface area contributed by atoms with E-state index >= 15 is 0 Å². The van der Waals surface area contributed by atoms with Crippen molar-refractivity contribution in [3.05, 3.63) is 59.9 Å². The average Bonchev–Trinajstić information content (AvgIpc) is 3.20. The largest absolute Gasteiger partial charge is 0.508 e. The fourth-order valence-corrected chi connectivity index (χ4v) is 4.53. The van der Waals surface area contributed by atoms with E-state index in [-0.39, 0.29) is 23.8 Å². The zero-order chi connectivity index (χ0) is 18.8. The average molecular weight is 371 g/mol. The lowest BCUT2D eigenvalue weighted by Gasteiger charge is -2.24. The van der Waals surface area contributed by atoms with E-state index in [9.17, 15) is 9.50 Å². The van der Waals surface area contributed by atoms with E-state index in [4.69, 9.17) is 9.47 Å². The molecule has 5 heteroatoms. The van der Waals surface area contributed by atoms with Crippen molar-refractivity contribution in [2.75, 3.05) is 26.7 Å². The molecule has 0 radical (unpaired) electrons. The Hall–Kier alpha value is -2.11. The summed E-state index contributed by atoms with van der Waals surface area (Å²) in [5.74, 6) is 2.09. The first-order chi connectivity index (χ1) is 13.1. The fourth-order valence-electron chi connectivity index (χ4n) is 4.53. The minimum atomic E-state index is -0.234. The standard InChI is InChI=1S/C22H26FNO3/c1-26-22(15-2-6-19(25)7-3-15)14-24-12-16-10-21(11-17(16)13-24)27-20-8-4-18(23)5-9-20/h2-9,16-17,21-22,25H,10-14H2,1H3/t16-,17+,21+,22?. The van der Waals surface area contributed by atoms with Crippen LogP contribution in [-0.2, 0) is 4.74 Å². The second kappa shape index (κ2) is 7.87. The van der Waals surface area contributed by atoms with Gasteiger partial charge < -0.3 is 14.6 Å². The number of ether oxygens (including phenoxy) is 2. The molecule has 1 aliphatic carbocycles. The highest BCUT2D eigenvalue weighted by Crippen LogP contribution is 2.40. The van der Waals surface area contributed by atoms with E-state index in [1.807, 2.05) is 12.1 Å². The molecule has 4 nitrogen and oxygen atoms in total. The summed E-state index contributed by atoms with van der Waals surface area (Å²) in [5, 5.41) is 9.47. The van der Waals surface area contributed by atoms with Gasteiger partial charge in [0.05, 0.1) is 12.2 Å². The van der Waals surface area contributed by atoms with Crippen LogP contribution in [0.2, 0.25) is 0 Å². The summed E-state index contributed by atoms with van der Waals surface area (Å²) in [6, 6.07) is 13.6. The van der Waals surface area contributed by atoms with Crippen LogP contribution in [0.4, 0.5) is 4.39 Å². The van der Waals surface area contributed by atoms with Crippen molar-refractivity contribution in [3.8, 4) is 11.5 Å². The van der Waals surface area contributed by atoms with E-state index in [1.54, 1.807) is 31.4 Å². The van der Waals surface area contributed by atoms with Crippen LogP contribution in [0.15, 0.2) is 48.5 Å². The van der Waals surface area contributed by atoms with Gasteiger partial charge in [-0.3, -0.25) is 4.90 Å². The van der Waals surface area contributed by atoms with Crippen molar-refractivity contribution in [1.82, 2.24) is 4.90 Å². The van der Waals surface area contributed by atoms with Crippen molar-refractivity contribution in [2.24, 2.45) is 11.8 Å². The summed E-state index contributed by atoms with van der Waals surface area (Å²) in [7, 11) is 1.74. The van der Waals surface area contributed by atoms with Crippen LogP contribution in [0, 0.1) is 17.7 Å². The number of aromatic hydroxyl groups is 1. The van der Waals surface area contributed by atoms with Gasteiger partial charge >= 0.3 is 0 Å². The summed E-state index contributed by atoms with van der Waals surface area (Å²) in [4.78, 5) is 2.48. The number of phenols is 1. The van der Waals surface area contributed by atoms with Crippen LogP contribution in [0.3, 0.4) is 0 Å². The van der Waals surface area contributed by atoms with Crippen molar-refractivity contribution >= 4 is 0 Å². The Kier molecular flexibility index (Phi) is 5.32. The van der Waals surface area contributed by atoms with Gasteiger partial charge in [0.1, 0.15) is 17.3 Å². The number of halogens is 1. The molecule has 0 aromatic heterocycles. The van der Waals surface area contributed by atoms with Crippen molar-refractivity contribution < 1.29 is 19.0 Å². The molecule has 1 aliphatic heterocycles. The first-order valence-electron chi connectivity index (χ1n) is 9.57. The van der Waals surface area contributed by atoms with E-state index in [2.05, 4.69) is 4.90 Å². The predicted octanol–water partition coefficient (Wildman–Crippen LogP) is 4.01. The van der Waals surface area contributed by atoms with Crippen molar-refractivity contribution in [2.45, 2.75) is 25.0 Å². The van der Waals surface area contributed by atoms with Gasteiger partial charge in [-0.2, -0.15) is 0 Å². The minimum absolute atomic E-state index is 0.00990. The molecule has 1 saturated heterocycles. The van der Waals surface area contributed by atoms with Gasteiger partial charge in [-0.25, -0.2) is 4.39 Å². The molecule has 27 heavy (non-hydrogen) atoms. The number of rotatable bonds is 6. The Labute approximate surface area is 159 Å². The van der Waals surface area contributed by atoms with Crippen LogP contribution in [0.25, 0.3) is 0 Å². The molecular weight excluding hydrogens is 345 g/mol. The summed E-state index contributed by atoms with van der Waals surface area (Å²) in [6.07, 6.45) is 2.34. The number of methoxy groups -OCH3 is 1. The lowest BCUT2D eigenvalue weighted by Crippen LogP contribution is -2.29. The molecule has 4 atom stereocenters. The molecule has 0 bridgehead atoms. The molecule has 0 spiro atoms. The molecule has 2 aliphatic rings. The molecule has 1 N–H and O–H groups in total. The number of hydrogen-bond donors (Lipinski definition) is 1. The molecule has 4 rings (SSSR count). The fraction of sp³-hybridized carbons (Fsp3) is 0.455. The number of nitrogens with zero attached hydrogens (tertiary/aromatic N) is 1. The molecule has 1 unspecified atom stereocenters. The third kappa shape index (κ3) is 4.25. The van der Waals surface area contributed by atoms with Gasteiger partial charge in [-0.05, 0) is 66.6 Å². The molecule has 2 aromatic rings. The van der Waals surface area contributed by atoms with Gasteiger partial charge in [0.15, 0.2) is 0 Å². The topological polar surface area (TPSA) is 41.9 Å². The van der Waals surface area contributed by atoms with Gasteiger partial charge in [-0.15, -0.1) is 0 Å². The highest BCUT2D eigenvalue weighted by atomic mass is 19.1. The maximum Gasteiger partial charge on any atom is 0.123 e. The van der Waals surface area contributed by atoms with E-state index in [1.165, 1.54) is 12.1 Å². The monoisotopic (exact) mass is 371 g/mol. The Morgan fingerprint density at radius 3 is 2.26 bits per heavy atom. The Bertz CT molecular complexity index is 735. The Morgan fingerprint density at radius 1 is 1.04 bits per heavy atom. The lowest BCUT2D eigenvalue weighted by atomic mass is 10.0. The van der Waals surface area contributed by atoms with E-state index < -0.39 is 0 Å². The lowest BCUT2D eigenvalue weighted by molar-refractivity contribution is 0.0667. The highest BCUT2D eigenvalue weighted by Gasteiger charge is 2.42. The van der Waals surface area contributed by atoms with Gasteiger partial charge in [0, 0.05) is 26.7 Å². The zero-order valence-electron chi connectivity index (χ0n) is 15.6. The maximum absolute atomic E-state index is 13.0. The van der Waals surface area contributed by atoms with Crippen LogP contribution in [0.1, 0.15) is 24.5 Å². The Morgan fingerprint density at radius 2 is 1.67 bits per heavy atom. The first-order valence-corrected chi connectivity index (χ1v) is 9.57. The predicted molar refractivity (Wildman–Crippen MR) is 101 cm³/mol. The molecular formula is C22H26FNO3. The molecule has 0 amide bonds. The molecule has 1 saturated carbocycles. The SMILES string of the molecule is COC(CN1C[C@H]2C[C@H](Oc3ccc(F)cc3)C[C@H]2C1)c1ccc(O)cc1. The second-order valence-corrected chi connectivity index (χ2v) is 7.72. The van der Waals surface area contributed by atoms with Gasteiger partial charge in [0.25, 0.3) is 0 Å². The smallest absolute Gasteiger partial charge is 0.123 e. The van der Waals surface area contributed by atoms with E-state index in [0.29, 0.717) is 11.8 Å². The number of phenolic OH excluding ortho intramolecular Hbond substituents is 1. The third-order valence-electron chi connectivity index (χ3n) is 5.87. The molecule has 2 fully saturated rings. The highest BCUT2D eigenvalue weighted by molar-refractivity contribution is 5.27. The first kappa shape index (κ1) is 18.3. The maximum atomic E-state index is 13.0. The number of likely N-dealkylation sites (tertiary alicyclic amines) is 1. The van der Waals surface area contributed by atoms with Crippen molar-refractivity contribution in [1.29, 1.82) is 0 Å². The number of hydrogen-bond acceptors (Lipinski definition) is 4. The van der Waals surface area contributed by atoms with Crippen molar-refractivity contribution in [3.63, 3.8) is 0 Å². The second-order valence-electron chi connectivity index (χ2n) is 7.72. The summed E-state index contributed by atoms with van der Waals surface area (Å²) in [5.41, 5.74) is 1.09. The van der Waals surface area contributed by atoms with Crippen LogP contribution in [-0.4, -0.2) is 42.9 Å². The van der Waals surface area contributed by atoms with Crippen LogP contribution in [0.5, 0.6) is 11.5 Å². The summed E-state index contributed by atoms with van der Waals surface area (Å²) in [6.45, 7) is 2.98. The quantitative estimate of drug-likeness (QED) is 0.833. The number of fused-ring (bicyclic) bond motifs is 1. The molecule has 2 aromatic carbocycles. The number of benzene rings is 2. The van der Waals surface area contributed by atoms with Crippen LogP contribution >= 0.6 is 0 Å².